The molecule has 2 aliphatic rings. The molecule has 0 unspecified atom stereocenters. The van der Waals surface area contributed by atoms with Crippen molar-refractivity contribution in [2.75, 3.05) is 13.6 Å². The Hall–Kier alpha value is -2.64. The van der Waals surface area contributed by atoms with Crippen LogP contribution in [0.2, 0.25) is 0 Å². The Labute approximate surface area is 151 Å². The van der Waals surface area contributed by atoms with E-state index in [1.807, 2.05) is 21.0 Å². The standard InChI is InChI=1S/C18H23N5O3/c1-10-14(9-20-23(10)3)16-7-15(21-26-16)18(25)22(2)13-4-11-6-17(24)19-8-12(11)5-13/h7,9,11-13H,4-6,8H2,1-3H3,(H,19,24)/t11-,12+,13-/m0/s1. The van der Waals surface area contributed by atoms with Gasteiger partial charge in [0, 0.05) is 44.9 Å². The number of amides is 2. The average molecular weight is 357 g/mol. The molecule has 1 saturated heterocycles. The number of hydrogen-bond donors (Lipinski definition) is 1. The number of piperidine rings is 1. The van der Waals surface area contributed by atoms with E-state index in [9.17, 15) is 9.59 Å². The molecule has 0 radical (unpaired) electrons. The van der Waals surface area contributed by atoms with Gasteiger partial charge in [0.1, 0.15) is 0 Å². The highest BCUT2D eigenvalue weighted by Crippen LogP contribution is 2.38. The van der Waals surface area contributed by atoms with Gasteiger partial charge in [0.2, 0.25) is 5.91 Å². The molecule has 2 fully saturated rings. The Morgan fingerprint density at radius 2 is 2.15 bits per heavy atom. The first-order chi connectivity index (χ1) is 12.4. The Kier molecular flexibility index (Phi) is 4.05. The lowest BCUT2D eigenvalue weighted by Crippen LogP contribution is -2.38. The molecule has 2 amide bonds. The first-order valence-electron chi connectivity index (χ1n) is 8.93. The second-order valence-electron chi connectivity index (χ2n) is 7.41. The number of hydrogen-bond acceptors (Lipinski definition) is 5. The van der Waals surface area contributed by atoms with E-state index in [0.29, 0.717) is 29.7 Å². The third-order valence-corrected chi connectivity index (χ3v) is 5.92. The molecule has 8 heteroatoms. The van der Waals surface area contributed by atoms with Crippen LogP contribution in [-0.2, 0) is 11.8 Å². The summed E-state index contributed by atoms with van der Waals surface area (Å²) >= 11 is 0. The summed E-state index contributed by atoms with van der Waals surface area (Å²) < 4.78 is 7.13. The number of carbonyl (C=O) groups is 2. The van der Waals surface area contributed by atoms with Gasteiger partial charge in [-0.1, -0.05) is 5.16 Å². The van der Waals surface area contributed by atoms with Crippen LogP contribution >= 0.6 is 0 Å². The maximum atomic E-state index is 12.8. The van der Waals surface area contributed by atoms with E-state index >= 15 is 0 Å². The van der Waals surface area contributed by atoms with E-state index in [2.05, 4.69) is 15.6 Å². The van der Waals surface area contributed by atoms with Gasteiger partial charge in [0.15, 0.2) is 11.5 Å². The molecule has 1 aliphatic heterocycles. The molecule has 3 atom stereocenters. The van der Waals surface area contributed by atoms with Crippen molar-refractivity contribution in [1.82, 2.24) is 25.2 Å². The van der Waals surface area contributed by atoms with Gasteiger partial charge in [0.05, 0.1) is 11.8 Å². The highest BCUT2D eigenvalue weighted by Gasteiger charge is 2.41. The van der Waals surface area contributed by atoms with Crippen molar-refractivity contribution >= 4 is 11.8 Å². The molecule has 1 saturated carbocycles. The number of fused-ring (bicyclic) bond motifs is 1. The summed E-state index contributed by atoms with van der Waals surface area (Å²) in [5.74, 6) is 1.34. The predicted molar refractivity (Wildman–Crippen MR) is 93.2 cm³/mol. The van der Waals surface area contributed by atoms with E-state index in [1.54, 1.807) is 21.8 Å². The highest BCUT2D eigenvalue weighted by atomic mass is 16.5. The van der Waals surface area contributed by atoms with Crippen LogP contribution in [0.5, 0.6) is 0 Å². The SMILES string of the molecule is Cc1c(-c2cc(C(=O)N(C)[C@H]3C[C@H]4CC(=O)NC[C@H]4C3)no2)cnn1C. The van der Waals surface area contributed by atoms with Gasteiger partial charge >= 0.3 is 0 Å². The molecule has 26 heavy (non-hydrogen) atoms. The van der Waals surface area contributed by atoms with Crippen molar-refractivity contribution in [1.29, 1.82) is 0 Å². The van der Waals surface area contributed by atoms with Crippen LogP contribution in [-0.4, -0.2) is 51.3 Å². The minimum Gasteiger partial charge on any atom is -0.356 e. The van der Waals surface area contributed by atoms with Crippen molar-refractivity contribution in [3.63, 3.8) is 0 Å². The molecule has 0 bridgehead atoms. The van der Waals surface area contributed by atoms with Crippen LogP contribution in [0.25, 0.3) is 11.3 Å². The Balaban J connectivity index is 1.48. The van der Waals surface area contributed by atoms with E-state index in [-0.39, 0.29) is 17.9 Å². The zero-order chi connectivity index (χ0) is 18.4. The zero-order valence-corrected chi connectivity index (χ0v) is 15.2. The number of carbonyl (C=O) groups excluding carboxylic acids is 2. The molecule has 2 aromatic heterocycles. The molecule has 1 N–H and O–H groups in total. The number of aromatic nitrogens is 3. The molecule has 8 nitrogen and oxygen atoms in total. The normalized spacial score (nSPS) is 25.0. The van der Waals surface area contributed by atoms with Gasteiger partial charge in [-0.3, -0.25) is 14.3 Å². The molecule has 3 heterocycles. The Morgan fingerprint density at radius 3 is 2.88 bits per heavy atom. The smallest absolute Gasteiger partial charge is 0.276 e. The number of rotatable bonds is 3. The molecule has 0 spiro atoms. The van der Waals surface area contributed by atoms with E-state index in [0.717, 1.165) is 30.6 Å². The van der Waals surface area contributed by atoms with E-state index in [4.69, 9.17) is 4.52 Å². The molecule has 138 valence electrons. The van der Waals surface area contributed by atoms with Crippen LogP contribution in [0.15, 0.2) is 16.8 Å². The van der Waals surface area contributed by atoms with Crippen molar-refractivity contribution in [2.24, 2.45) is 18.9 Å². The monoisotopic (exact) mass is 357 g/mol. The quantitative estimate of drug-likeness (QED) is 0.895. The fraction of sp³-hybridized carbons (Fsp3) is 0.556. The fourth-order valence-electron chi connectivity index (χ4n) is 4.14. The second kappa shape index (κ2) is 6.26. The fourth-order valence-corrected chi connectivity index (χ4v) is 4.14. The maximum absolute atomic E-state index is 12.8. The van der Waals surface area contributed by atoms with Crippen LogP contribution < -0.4 is 5.32 Å². The first-order valence-corrected chi connectivity index (χ1v) is 8.93. The van der Waals surface area contributed by atoms with Crippen LogP contribution in [0, 0.1) is 18.8 Å². The van der Waals surface area contributed by atoms with Crippen molar-refractivity contribution in [3.05, 3.63) is 23.7 Å². The summed E-state index contributed by atoms with van der Waals surface area (Å²) in [6.45, 7) is 2.66. The molecule has 4 rings (SSSR count). The van der Waals surface area contributed by atoms with Crippen molar-refractivity contribution in [2.45, 2.75) is 32.2 Å². The molecular formula is C18H23N5O3. The Bertz CT molecular complexity index is 855. The van der Waals surface area contributed by atoms with Gasteiger partial charge in [0.25, 0.3) is 5.91 Å². The zero-order valence-electron chi connectivity index (χ0n) is 15.2. The summed E-state index contributed by atoms with van der Waals surface area (Å²) in [6.07, 6.45) is 4.06. The van der Waals surface area contributed by atoms with Gasteiger partial charge in [-0.15, -0.1) is 0 Å². The third-order valence-electron chi connectivity index (χ3n) is 5.92. The summed E-state index contributed by atoms with van der Waals surface area (Å²) in [4.78, 5) is 26.2. The molecule has 0 aromatic carbocycles. The van der Waals surface area contributed by atoms with Crippen LogP contribution in [0.4, 0.5) is 0 Å². The number of aryl methyl sites for hydroxylation is 1. The van der Waals surface area contributed by atoms with Crippen LogP contribution in [0.3, 0.4) is 0 Å². The lowest BCUT2D eigenvalue weighted by atomic mass is 9.89. The summed E-state index contributed by atoms with van der Waals surface area (Å²) in [7, 11) is 3.66. The Morgan fingerprint density at radius 1 is 1.38 bits per heavy atom. The molecular weight excluding hydrogens is 334 g/mol. The lowest BCUT2D eigenvalue weighted by Gasteiger charge is -2.24. The largest absolute Gasteiger partial charge is 0.356 e. The lowest BCUT2D eigenvalue weighted by molar-refractivity contribution is -0.124. The van der Waals surface area contributed by atoms with Gasteiger partial charge in [-0.2, -0.15) is 5.10 Å². The van der Waals surface area contributed by atoms with Gasteiger partial charge in [-0.25, -0.2) is 0 Å². The van der Waals surface area contributed by atoms with Crippen LogP contribution in [0.1, 0.15) is 35.4 Å². The number of nitrogens with zero attached hydrogens (tertiary/aromatic N) is 4. The summed E-state index contributed by atoms with van der Waals surface area (Å²) in [5, 5.41) is 11.1. The first kappa shape index (κ1) is 16.8. The van der Waals surface area contributed by atoms with E-state index < -0.39 is 0 Å². The van der Waals surface area contributed by atoms with Gasteiger partial charge < -0.3 is 14.7 Å². The van der Waals surface area contributed by atoms with Crippen molar-refractivity contribution < 1.29 is 14.1 Å². The minimum absolute atomic E-state index is 0.119. The second-order valence-corrected chi connectivity index (χ2v) is 7.41. The third kappa shape index (κ3) is 2.79. The predicted octanol–water partition coefficient (Wildman–Crippen LogP) is 1.37. The highest BCUT2D eigenvalue weighted by molar-refractivity contribution is 5.93. The molecule has 2 aromatic rings. The minimum atomic E-state index is -0.149. The van der Waals surface area contributed by atoms with E-state index in [1.165, 1.54) is 0 Å². The van der Waals surface area contributed by atoms with Crippen molar-refractivity contribution in [3.8, 4) is 11.3 Å². The van der Waals surface area contributed by atoms with Gasteiger partial charge in [-0.05, 0) is 31.6 Å². The average Bonchev–Trinajstić information content (AvgIpc) is 3.33. The maximum Gasteiger partial charge on any atom is 0.276 e. The summed E-state index contributed by atoms with van der Waals surface area (Å²) in [6, 6.07) is 1.81. The molecule has 1 aliphatic carbocycles. The topological polar surface area (TPSA) is 93.3 Å². The summed E-state index contributed by atoms with van der Waals surface area (Å²) in [5.41, 5.74) is 2.08. The number of nitrogens with one attached hydrogen (secondary N) is 1.